The van der Waals surface area contributed by atoms with Gasteiger partial charge in [-0.05, 0) is 38.8 Å². The number of carbonyl (C=O) groups excluding carboxylic acids is 1. The number of nitrogens with one attached hydrogen (secondary N) is 1. The van der Waals surface area contributed by atoms with Gasteiger partial charge in [-0.2, -0.15) is 0 Å². The van der Waals surface area contributed by atoms with E-state index in [1.165, 1.54) is 0 Å². The Morgan fingerprint density at radius 2 is 2.11 bits per heavy atom. The molecule has 2 aliphatic rings. The first-order valence-electron chi connectivity index (χ1n) is 7.04. The third-order valence-electron chi connectivity index (χ3n) is 3.86. The second kappa shape index (κ2) is 7.07. The summed E-state index contributed by atoms with van der Waals surface area (Å²) in [5.41, 5.74) is 0. The number of rotatable bonds is 5. The van der Waals surface area contributed by atoms with Gasteiger partial charge < -0.3 is 20.1 Å². The van der Waals surface area contributed by atoms with Gasteiger partial charge in [-0.15, -0.1) is 0 Å². The van der Waals surface area contributed by atoms with E-state index in [1.807, 2.05) is 4.90 Å². The fourth-order valence-corrected chi connectivity index (χ4v) is 2.77. The Bertz CT molecular complexity index is 267. The van der Waals surface area contributed by atoms with Crippen LogP contribution in [-0.2, 0) is 9.53 Å². The maximum absolute atomic E-state index is 12.0. The first kappa shape index (κ1) is 13.8. The third-order valence-corrected chi connectivity index (χ3v) is 3.86. The Balaban J connectivity index is 1.64. The molecule has 1 atom stereocenters. The number of aliphatic hydroxyl groups excluding tert-OH is 1. The van der Waals surface area contributed by atoms with Crippen LogP contribution in [0.1, 0.15) is 32.1 Å². The second-order valence-corrected chi connectivity index (χ2v) is 5.14. The predicted octanol–water partition coefficient (Wildman–Crippen LogP) is 0.128. The molecule has 2 saturated heterocycles. The Morgan fingerprint density at radius 1 is 1.33 bits per heavy atom. The number of amides is 1. The van der Waals surface area contributed by atoms with E-state index in [0.717, 1.165) is 45.3 Å². The Labute approximate surface area is 108 Å². The highest BCUT2D eigenvalue weighted by molar-refractivity contribution is 5.76. The lowest BCUT2D eigenvalue weighted by Crippen LogP contribution is -2.38. The van der Waals surface area contributed by atoms with Gasteiger partial charge in [0.1, 0.15) is 0 Å². The lowest BCUT2D eigenvalue weighted by atomic mass is 10.1. The van der Waals surface area contributed by atoms with Gasteiger partial charge >= 0.3 is 0 Å². The fraction of sp³-hybridized carbons (Fsp3) is 0.923. The number of hydrogen-bond donors (Lipinski definition) is 2. The molecule has 0 aromatic heterocycles. The van der Waals surface area contributed by atoms with Crippen molar-refractivity contribution in [2.45, 2.75) is 44.2 Å². The van der Waals surface area contributed by atoms with Crippen molar-refractivity contribution < 1.29 is 14.6 Å². The van der Waals surface area contributed by atoms with E-state index in [1.54, 1.807) is 0 Å². The van der Waals surface area contributed by atoms with Crippen LogP contribution in [0.15, 0.2) is 0 Å². The van der Waals surface area contributed by atoms with Gasteiger partial charge in [0.15, 0.2) is 0 Å². The third kappa shape index (κ3) is 3.67. The van der Waals surface area contributed by atoms with Crippen LogP contribution in [0.4, 0.5) is 0 Å². The molecule has 1 amide bonds. The molecule has 5 heteroatoms. The summed E-state index contributed by atoms with van der Waals surface area (Å²) < 4.78 is 5.73. The summed E-state index contributed by atoms with van der Waals surface area (Å²) in [5, 5.41) is 12.5. The summed E-state index contributed by atoms with van der Waals surface area (Å²) in [7, 11) is 0. The first-order chi connectivity index (χ1) is 8.81. The van der Waals surface area contributed by atoms with Crippen molar-refractivity contribution in [1.29, 1.82) is 0 Å². The molecule has 18 heavy (non-hydrogen) atoms. The molecule has 2 N–H and O–H groups in total. The lowest BCUT2D eigenvalue weighted by Gasteiger charge is -2.25. The van der Waals surface area contributed by atoms with Crippen LogP contribution in [0.3, 0.4) is 0 Å². The largest absolute Gasteiger partial charge is 0.394 e. The Kier molecular flexibility index (Phi) is 5.41. The van der Waals surface area contributed by atoms with Gasteiger partial charge in [0.25, 0.3) is 0 Å². The monoisotopic (exact) mass is 256 g/mol. The van der Waals surface area contributed by atoms with E-state index < -0.39 is 0 Å². The number of piperidine rings is 1. The van der Waals surface area contributed by atoms with Crippen molar-refractivity contribution in [3.8, 4) is 0 Å². The van der Waals surface area contributed by atoms with Crippen molar-refractivity contribution in [1.82, 2.24) is 10.2 Å². The van der Waals surface area contributed by atoms with Crippen LogP contribution in [0.5, 0.6) is 0 Å². The van der Waals surface area contributed by atoms with Crippen LogP contribution in [-0.4, -0.2) is 60.9 Å². The van der Waals surface area contributed by atoms with Crippen LogP contribution in [0.25, 0.3) is 0 Å². The van der Waals surface area contributed by atoms with Gasteiger partial charge in [-0.3, -0.25) is 4.79 Å². The summed E-state index contributed by atoms with van der Waals surface area (Å²) in [6.07, 6.45) is 4.77. The zero-order chi connectivity index (χ0) is 12.8. The maximum atomic E-state index is 12.0. The van der Waals surface area contributed by atoms with E-state index in [2.05, 4.69) is 5.32 Å². The van der Waals surface area contributed by atoms with Crippen molar-refractivity contribution in [3.05, 3.63) is 0 Å². The quantitative estimate of drug-likeness (QED) is 0.734. The smallest absolute Gasteiger partial charge is 0.225 e. The number of likely N-dealkylation sites (tertiary alicyclic amines) is 1. The van der Waals surface area contributed by atoms with Gasteiger partial charge in [-0.25, -0.2) is 0 Å². The summed E-state index contributed by atoms with van der Waals surface area (Å²) in [6.45, 7) is 3.41. The molecule has 0 aliphatic carbocycles. The van der Waals surface area contributed by atoms with Crippen molar-refractivity contribution in [2.75, 3.05) is 32.8 Å². The highest BCUT2D eigenvalue weighted by Gasteiger charge is 2.27. The number of ether oxygens (including phenoxy) is 1. The molecular weight excluding hydrogens is 232 g/mol. The van der Waals surface area contributed by atoms with E-state index in [9.17, 15) is 9.90 Å². The normalized spacial score (nSPS) is 25.6. The highest BCUT2D eigenvalue weighted by atomic mass is 16.5. The van der Waals surface area contributed by atoms with Crippen LogP contribution >= 0.6 is 0 Å². The average Bonchev–Trinajstić information content (AvgIpc) is 2.88. The van der Waals surface area contributed by atoms with E-state index in [0.29, 0.717) is 19.1 Å². The Morgan fingerprint density at radius 3 is 2.83 bits per heavy atom. The van der Waals surface area contributed by atoms with E-state index in [4.69, 9.17) is 4.74 Å². The van der Waals surface area contributed by atoms with Crippen LogP contribution < -0.4 is 5.32 Å². The van der Waals surface area contributed by atoms with Gasteiger partial charge in [-0.1, -0.05) is 0 Å². The standard InChI is InChI=1S/C13H24N2O3/c16-10-11-2-1-8-15(11)13(17)5-9-18-12-3-6-14-7-4-12/h11-12,14,16H,1-10H2/t11-/m0/s1. The Hall–Kier alpha value is -0.650. The molecule has 0 bridgehead atoms. The minimum Gasteiger partial charge on any atom is -0.394 e. The molecule has 104 valence electrons. The highest BCUT2D eigenvalue weighted by Crippen LogP contribution is 2.17. The molecule has 0 aromatic rings. The number of nitrogens with zero attached hydrogens (tertiary/aromatic N) is 1. The minimum atomic E-state index is 0.0383. The summed E-state index contributed by atoms with van der Waals surface area (Å²) >= 11 is 0. The summed E-state index contributed by atoms with van der Waals surface area (Å²) in [4.78, 5) is 13.8. The molecule has 2 fully saturated rings. The SMILES string of the molecule is O=C(CCOC1CCNCC1)N1CCC[C@H]1CO. The summed E-state index contributed by atoms with van der Waals surface area (Å²) in [6, 6.07) is 0.0383. The number of hydrogen-bond acceptors (Lipinski definition) is 4. The second-order valence-electron chi connectivity index (χ2n) is 5.14. The molecule has 2 aliphatic heterocycles. The fourth-order valence-electron chi connectivity index (χ4n) is 2.77. The van der Waals surface area contributed by atoms with Gasteiger partial charge in [0.05, 0.1) is 31.8 Å². The molecule has 0 aromatic carbocycles. The number of carbonyl (C=O) groups is 1. The first-order valence-corrected chi connectivity index (χ1v) is 7.04. The minimum absolute atomic E-state index is 0.0383. The topological polar surface area (TPSA) is 61.8 Å². The molecule has 0 saturated carbocycles. The maximum Gasteiger partial charge on any atom is 0.225 e. The lowest BCUT2D eigenvalue weighted by molar-refractivity contribution is -0.134. The molecule has 0 unspecified atom stereocenters. The summed E-state index contributed by atoms with van der Waals surface area (Å²) in [5.74, 6) is 0.125. The van der Waals surface area contributed by atoms with E-state index in [-0.39, 0.29) is 18.6 Å². The van der Waals surface area contributed by atoms with Crippen molar-refractivity contribution >= 4 is 5.91 Å². The molecular formula is C13H24N2O3. The molecule has 2 rings (SSSR count). The predicted molar refractivity (Wildman–Crippen MR) is 68.3 cm³/mol. The van der Waals surface area contributed by atoms with Gasteiger partial charge in [0.2, 0.25) is 5.91 Å². The molecule has 5 nitrogen and oxygen atoms in total. The number of aliphatic hydroxyl groups is 1. The molecule has 0 spiro atoms. The van der Waals surface area contributed by atoms with Crippen LogP contribution in [0, 0.1) is 0 Å². The zero-order valence-electron chi connectivity index (χ0n) is 10.9. The zero-order valence-corrected chi connectivity index (χ0v) is 10.9. The molecule has 2 heterocycles. The van der Waals surface area contributed by atoms with E-state index >= 15 is 0 Å². The van der Waals surface area contributed by atoms with Crippen molar-refractivity contribution in [3.63, 3.8) is 0 Å². The average molecular weight is 256 g/mol. The molecule has 0 radical (unpaired) electrons. The van der Waals surface area contributed by atoms with Crippen molar-refractivity contribution in [2.24, 2.45) is 0 Å². The van der Waals surface area contributed by atoms with Gasteiger partial charge in [0, 0.05) is 6.54 Å². The van der Waals surface area contributed by atoms with Crippen LogP contribution in [0.2, 0.25) is 0 Å².